The Morgan fingerprint density at radius 3 is 2.54 bits per heavy atom. The molecule has 0 unspecified atom stereocenters. The number of nitrogens with zero attached hydrogens (tertiary/aromatic N) is 4. The number of likely N-dealkylation sites (tertiary alicyclic amines) is 1. The first-order valence-electron chi connectivity index (χ1n) is 9.50. The van der Waals surface area contributed by atoms with Crippen molar-refractivity contribution in [1.29, 1.82) is 0 Å². The quantitative estimate of drug-likeness (QED) is 0.830. The van der Waals surface area contributed by atoms with Crippen LogP contribution in [0.3, 0.4) is 0 Å². The number of amides is 1. The van der Waals surface area contributed by atoms with Crippen molar-refractivity contribution < 1.29 is 4.79 Å². The zero-order valence-corrected chi connectivity index (χ0v) is 15.8. The number of fused-ring (bicyclic) bond motifs is 1. The molecule has 0 radical (unpaired) electrons. The Balaban J connectivity index is 1.38. The molecule has 2 aliphatic heterocycles. The van der Waals surface area contributed by atoms with Crippen LogP contribution in [0.2, 0.25) is 5.02 Å². The molecule has 2 saturated heterocycles. The van der Waals surface area contributed by atoms with Crippen LogP contribution in [0.5, 0.6) is 0 Å². The first kappa shape index (κ1) is 17.6. The number of carbonyl (C=O) groups excluding carboxylic acids is 1. The van der Waals surface area contributed by atoms with Crippen molar-refractivity contribution in [3.8, 4) is 0 Å². The topological polar surface area (TPSA) is 39.7 Å². The molecule has 138 valence electrons. The highest BCUT2D eigenvalue weighted by Gasteiger charge is 2.23. The van der Waals surface area contributed by atoms with Crippen molar-refractivity contribution in [3.63, 3.8) is 0 Å². The van der Waals surface area contributed by atoms with Gasteiger partial charge < -0.3 is 9.80 Å². The predicted octanol–water partition coefficient (Wildman–Crippen LogP) is 3.02. The van der Waals surface area contributed by atoms with Gasteiger partial charge in [0.1, 0.15) is 0 Å². The summed E-state index contributed by atoms with van der Waals surface area (Å²) in [4.78, 5) is 23.6. The van der Waals surface area contributed by atoms with Gasteiger partial charge in [-0.25, -0.2) is 0 Å². The Morgan fingerprint density at radius 2 is 1.77 bits per heavy atom. The van der Waals surface area contributed by atoms with E-state index >= 15 is 0 Å². The third-order valence-corrected chi connectivity index (χ3v) is 5.70. The van der Waals surface area contributed by atoms with Crippen molar-refractivity contribution in [2.75, 3.05) is 50.7 Å². The van der Waals surface area contributed by atoms with Crippen LogP contribution in [0, 0.1) is 0 Å². The van der Waals surface area contributed by atoms with Gasteiger partial charge in [0.05, 0.1) is 12.1 Å². The molecular weight excluding hydrogens is 348 g/mol. The third kappa shape index (κ3) is 3.79. The van der Waals surface area contributed by atoms with Crippen LogP contribution in [0.4, 0.5) is 5.69 Å². The molecule has 0 spiro atoms. The molecule has 0 aliphatic carbocycles. The number of hydrogen-bond acceptors (Lipinski definition) is 4. The fourth-order valence-corrected chi connectivity index (χ4v) is 4.13. The molecule has 2 aromatic rings. The van der Waals surface area contributed by atoms with Gasteiger partial charge in [-0.15, -0.1) is 0 Å². The Bertz CT molecular complexity index is 782. The van der Waals surface area contributed by atoms with Crippen molar-refractivity contribution in [1.82, 2.24) is 14.8 Å². The third-order valence-electron chi connectivity index (χ3n) is 5.46. The fraction of sp³-hybridized carbons (Fsp3) is 0.500. The highest BCUT2D eigenvalue weighted by molar-refractivity contribution is 6.31. The lowest BCUT2D eigenvalue weighted by Crippen LogP contribution is -2.50. The first-order valence-corrected chi connectivity index (χ1v) is 9.88. The summed E-state index contributed by atoms with van der Waals surface area (Å²) in [5.74, 6) is 0.294. The minimum Gasteiger partial charge on any atom is -0.368 e. The summed E-state index contributed by atoms with van der Waals surface area (Å²) >= 11 is 6.09. The summed E-state index contributed by atoms with van der Waals surface area (Å²) in [6, 6.07) is 7.95. The van der Waals surface area contributed by atoms with Crippen molar-refractivity contribution >= 4 is 34.1 Å². The molecule has 1 aromatic carbocycles. The van der Waals surface area contributed by atoms with Crippen LogP contribution in [0.25, 0.3) is 10.9 Å². The van der Waals surface area contributed by atoms with E-state index < -0.39 is 0 Å². The molecule has 2 aliphatic rings. The second-order valence-corrected chi connectivity index (χ2v) is 7.63. The van der Waals surface area contributed by atoms with Gasteiger partial charge in [-0.2, -0.15) is 0 Å². The maximum atomic E-state index is 12.5. The Kier molecular flexibility index (Phi) is 5.27. The number of halogens is 1. The summed E-state index contributed by atoms with van der Waals surface area (Å²) in [5, 5.41) is 1.85. The molecule has 5 nitrogen and oxygen atoms in total. The maximum absolute atomic E-state index is 12.5. The number of benzene rings is 1. The lowest BCUT2D eigenvalue weighted by molar-refractivity contribution is -0.133. The van der Waals surface area contributed by atoms with Gasteiger partial charge in [0.15, 0.2) is 0 Å². The molecule has 1 aromatic heterocycles. The van der Waals surface area contributed by atoms with E-state index in [9.17, 15) is 4.79 Å². The second-order valence-electron chi connectivity index (χ2n) is 7.20. The molecule has 0 N–H and O–H groups in total. The molecular formula is C20H25ClN4O. The van der Waals surface area contributed by atoms with E-state index in [1.165, 1.54) is 12.1 Å². The summed E-state index contributed by atoms with van der Waals surface area (Å²) < 4.78 is 0. The maximum Gasteiger partial charge on any atom is 0.236 e. The van der Waals surface area contributed by atoms with Crippen LogP contribution in [0.1, 0.15) is 19.3 Å². The van der Waals surface area contributed by atoms with Gasteiger partial charge in [0.2, 0.25) is 5.91 Å². The van der Waals surface area contributed by atoms with Crippen LogP contribution >= 0.6 is 11.6 Å². The smallest absolute Gasteiger partial charge is 0.236 e. The van der Waals surface area contributed by atoms with Crippen LogP contribution in [-0.4, -0.2) is 66.5 Å². The van der Waals surface area contributed by atoms with E-state index in [4.69, 9.17) is 11.6 Å². The highest BCUT2D eigenvalue weighted by Crippen LogP contribution is 2.28. The molecule has 4 rings (SSSR count). The van der Waals surface area contributed by atoms with E-state index in [1.54, 1.807) is 0 Å². The summed E-state index contributed by atoms with van der Waals surface area (Å²) in [6.07, 6.45) is 5.41. The van der Waals surface area contributed by atoms with Crippen LogP contribution in [0.15, 0.2) is 30.5 Å². The largest absolute Gasteiger partial charge is 0.368 e. The summed E-state index contributed by atoms with van der Waals surface area (Å²) in [6.45, 7) is 6.10. The van der Waals surface area contributed by atoms with Gasteiger partial charge in [-0.05, 0) is 43.5 Å². The average Bonchev–Trinajstić information content (AvgIpc) is 2.68. The van der Waals surface area contributed by atoms with Crippen molar-refractivity contribution in [2.45, 2.75) is 19.3 Å². The molecule has 0 bridgehead atoms. The average molecular weight is 373 g/mol. The predicted molar refractivity (Wildman–Crippen MR) is 106 cm³/mol. The van der Waals surface area contributed by atoms with E-state index in [0.29, 0.717) is 17.5 Å². The first-order chi connectivity index (χ1) is 12.7. The SMILES string of the molecule is O=C(CN1CCN(c2ccnc3cc(Cl)ccc23)CC1)N1CCCCC1. The number of carbonyl (C=O) groups is 1. The molecule has 3 heterocycles. The normalized spacial score (nSPS) is 19.1. The number of hydrogen-bond donors (Lipinski definition) is 0. The lowest BCUT2D eigenvalue weighted by Gasteiger charge is -2.37. The minimum atomic E-state index is 0.294. The van der Waals surface area contributed by atoms with E-state index in [0.717, 1.165) is 63.0 Å². The molecule has 6 heteroatoms. The number of anilines is 1. The van der Waals surface area contributed by atoms with Crippen molar-refractivity contribution in [2.24, 2.45) is 0 Å². The number of aromatic nitrogens is 1. The number of piperidine rings is 1. The Labute approximate surface area is 159 Å². The Morgan fingerprint density at radius 1 is 1.00 bits per heavy atom. The summed E-state index contributed by atoms with van der Waals surface area (Å²) in [5.41, 5.74) is 2.13. The Hall–Kier alpha value is -1.85. The monoisotopic (exact) mass is 372 g/mol. The molecule has 26 heavy (non-hydrogen) atoms. The van der Waals surface area contributed by atoms with Crippen LogP contribution < -0.4 is 4.90 Å². The van der Waals surface area contributed by atoms with Gasteiger partial charge in [0, 0.05) is 61.6 Å². The molecule has 0 atom stereocenters. The zero-order valence-electron chi connectivity index (χ0n) is 15.0. The van der Waals surface area contributed by atoms with Crippen molar-refractivity contribution in [3.05, 3.63) is 35.5 Å². The fourth-order valence-electron chi connectivity index (χ4n) is 3.96. The van der Waals surface area contributed by atoms with Gasteiger partial charge in [0.25, 0.3) is 0 Å². The zero-order chi connectivity index (χ0) is 17.9. The standard InChI is InChI=1S/C20H25ClN4O/c21-16-4-5-17-18(14-16)22-7-6-19(17)24-12-10-23(11-13-24)15-20(26)25-8-2-1-3-9-25/h4-7,14H,1-3,8-13,15H2. The molecule has 2 fully saturated rings. The van der Waals surface area contributed by atoms with E-state index in [2.05, 4.69) is 20.9 Å². The van der Waals surface area contributed by atoms with Gasteiger partial charge in [-0.1, -0.05) is 11.6 Å². The number of rotatable bonds is 3. The van der Waals surface area contributed by atoms with Gasteiger partial charge in [-0.3, -0.25) is 14.7 Å². The number of piperazine rings is 1. The summed E-state index contributed by atoms with van der Waals surface area (Å²) in [7, 11) is 0. The minimum absolute atomic E-state index is 0.294. The highest BCUT2D eigenvalue weighted by atomic mass is 35.5. The van der Waals surface area contributed by atoms with E-state index in [1.807, 2.05) is 29.3 Å². The van der Waals surface area contributed by atoms with Crippen LogP contribution in [-0.2, 0) is 4.79 Å². The second kappa shape index (κ2) is 7.80. The number of pyridine rings is 1. The lowest BCUT2D eigenvalue weighted by atomic mass is 10.1. The molecule has 1 amide bonds. The van der Waals surface area contributed by atoms with Gasteiger partial charge >= 0.3 is 0 Å². The van der Waals surface area contributed by atoms with E-state index in [-0.39, 0.29) is 0 Å². The molecule has 0 saturated carbocycles.